The van der Waals surface area contributed by atoms with Crippen LogP contribution in [0.5, 0.6) is 5.75 Å². The van der Waals surface area contributed by atoms with Crippen molar-refractivity contribution in [2.75, 3.05) is 12.8 Å². The first-order valence-corrected chi connectivity index (χ1v) is 11.8. The molecule has 2 aromatic carbocycles. The Morgan fingerprint density at radius 2 is 1.71 bits per heavy atom. The van der Waals surface area contributed by atoms with Crippen LogP contribution in [0.2, 0.25) is 0 Å². The number of nitrogens with zero attached hydrogens (tertiary/aromatic N) is 3. The number of ether oxygens (including phenoxy) is 1. The largest absolute Gasteiger partial charge is 0.496 e. The molecule has 7 nitrogen and oxygen atoms in total. The summed E-state index contributed by atoms with van der Waals surface area (Å²) in [4.78, 5) is 9.36. The van der Waals surface area contributed by atoms with Crippen LogP contribution < -0.4 is 10.5 Å². The third-order valence-corrected chi connectivity index (χ3v) is 8.31. The van der Waals surface area contributed by atoms with Crippen molar-refractivity contribution in [1.29, 1.82) is 0 Å². The van der Waals surface area contributed by atoms with Gasteiger partial charge in [-0.2, -0.15) is 0 Å². The van der Waals surface area contributed by atoms with E-state index in [1.54, 1.807) is 35.3 Å². The van der Waals surface area contributed by atoms with Crippen molar-refractivity contribution < 1.29 is 13.2 Å². The standard InChI is InChI=1S/C22H18N4O3S2/c1-29-17-10-5-2-7-14(17)13-26-21(23)20(31(27,28)18-11-6-12-30-18)19-22(26)25-16-9-4-3-8-15(16)24-19/h2-12H,13,23H2,1H3. The summed E-state index contributed by atoms with van der Waals surface area (Å²) >= 11 is 1.14. The third-order valence-electron chi connectivity index (χ3n) is 5.10. The lowest BCUT2D eigenvalue weighted by molar-refractivity contribution is 0.408. The average Bonchev–Trinajstić information content (AvgIpc) is 3.41. The van der Waals surface area contributed by atoms with E-state index in [9.17, 15) is 8.42 Å². The van der Waals surface area contributed by atoms with Gasteiger partial charge in [-0.3, -0.25) is 0 Å². The molecule has 0 radical (unpaired) electrons. The summed E-state index contributed by atoms with van der Waals surface area (Å²) in [7, 11) is -2.28. The zero-order valence-corrected chi connectivity index (χ0v) is 18.2. The van der Waals surface area contributed by atoms with Crippen molar-refractivity contribution in [3.63, 3.8) is 0 Å². The number of hydrogen-bond donors (Lipinski definition) is 1. The van der Waals surface area contributed by atoms with Gasteiger partial charge in [-0.1, -0.05) is 36.4 Å². The number of para-hydroxylation sites is 3. The number of anilines is 1. The van der Waals surface area contributed by atoms with E-state index in [1.165, 1.54) is 0 Å². The highest BCUT2D eigenvalue weighted by molar-refractivity contribution is 7.93. The molecular weight excluding hydrogens is 432 g/mol. The monoisotopic (exact) mass is 450 g/mol. The lowest BCUT2D eigenvalue weighted by Crippen LogP contribution is -2.09. The molecule has 0 saturated carbocycles. The second-order valence-corrected chi connectivity index (χ2v) is 9.99. The molecule has 5 aromatic rings. The van der Waals surface area contributed by atoms with Crippen molar-refractivity contribution in [3.05, 3.63) is 71.6 Å². The lowest BCUT2D eigenvalue weighted by Gasteiger charge is -2.11. The predicted octanol–water partition coefficient (Wildman–Crippen LogP) is 4.12. The molecule has 0 aliphatic carbocycles. The smallest absolute Gasteiger partial charge is 0.221 e. The molecule has 0 unspecified atom stereocenters. The average molecular weight is 451 g/mol. The molecule has 0 bridgehead atoms. The Hall–Kier alpha value is -3.43. The van der Waals surface area contributed by atoms with Gasteiger partial charge < -0.3 is 15.0 Å². The molecule has 9 heteroatoms. The summed E-state index contributed by atoms with van der Waals surface area (Å²) in [5, 5.41) is 1.72. The number of fused-ring (bicyclic) bond motifs is 2. The minimum Gasteiger partial charge on any atom is -0.496 e. The molecule has 3 heterocycles. The summed E-state index contributed by atoms with van der Waals surface area (Å²) in [6.07, 6.45) is 0. The summed E-state index contributed by atoms with van der Waals surface area (Å²) < 4.78 is 34.3. The molecule has 0 saturated heterocycles. The van der Waals surface area contributed by atoms with E-state index < -0.39 is 9.84 Å². The fraction of sp³-hybridized carbons (Fsp3) is 0.0909. The molecule has 0 amide bonds. The fourth-order valence-electron chi connectivity index (χ4n) is 3.64. The molecule has 3 aromatic heterocycles. The highest BCUT2D eigenvalue weighted by Gasteiger charge is 2.31. The van der Waals surface area contributed by atoms with Crippen LogP contribution in [0.25, 0.3) is 22.2 Å². The maximum absolute atomic E-state index is 13.5. The van der Waals surface area contributed by atoms with Crippen LogP contribution in [0, 0.1) is 0 Å². The van der Waals surface area contributed by atoms with E-state index in [4.69, 9.17) is 15.5 Å². The van der Waals surface area contributed by atoms with Crippen LogP contribution in [0.3, 0.4) is 0 Å². The minimum atomic E-state index is -3.87. The summed E-state index contributed by atoms with van der Waals surface area (Å²) in [5.41, 5.74) is 9.27. The summed E-state index contributed by atoms with van der Waals surface area (Å²) in [5.74, 6) is 0.782. The van der Waals surface area contributed by atoms with E-state index in [0.717, 1.165) is 16.9 Å². The number of benzene rings is 2. The lowest BCUT2D eigenvalue weighted by atomic mass is 10.2. The first-order chi connectivity index (χ1) is 15.0. The van der Waals surface area contributed by atoms with Gasteiger partial charge in [-0.05, 0) is 29.6 Å². The van der Waals surface area contributed by atoms with Gasteiger partial charge in [0, 0.05) is 5.56 Å². The van der Waals surface area contributed by atoms with Crippen molar-refractivity contribution in [2.24, 2.45) is 0 Å². The van der Waals surface area contributed by atoms with Gasteiger partial charge in [0.05, 0.1) is 24.7 Å². The van der Waals surface area contributed by atoms with E-state index in [2.05, 4.69) is 4.98 Å². The maximum Gasteiger partial charge on any atom is 0.221 e. The van der Waals surface area contributed by atoms with Crippen LogP contribution in [-0.2, 0) is 16.4 Å². The Balaban J connectivity index is 1.83. The molecule has 31 heavy (non-hydrogen) atoms. The Kier molecular flexibility index (Phi) is 4.64. The number of aromatic nitrogens is 3. The second kappa shape index (κ2) is 7.36. The third kappa shape index (κ3) is 3.13. The normalized spacial score (nSPS) is 11.9. The number of thiophene rings is 1. The Morgan fingerprint density at radius 3 is 2.42 bits per heavy atom. The first-order valence-electron chi connectivity index (χ1n) is 9.45. The van der Waals surface area contributed by atoms with Gasteiger partial charge in [0.2, 0.25) is 9.84 Å². The van der Waals surface area contributed by atoms with E-state index in [-0.39, 0.29) is 20.4 Å². The molecule has 0 aliphatic heterocycles. The van der Waals surface area contributed by atoms with Crippen LogP contribution in [0.4, 0.5) is 5.82 Å². The van der Waals surface area contributed by atoms with Gasteiger partial charge in [0.1, 0.15) is 26.2 Å². The Labute approximate surface area is 182 Å². The molecule has 156 valence electrons. The molecule has 0 aliphatic rings. The quantitative estimate of drug-likeness (QED) is 0.432. The van der Waals surface area contributed by atoms with Gasteiger partial charge in [-0.15, -0.1) is 11.3 Å². The van der Waals surface area contributed by atoms with Gasteiger partial charge >= 0.3 is 0 Å². The van der Waals surface area contributed by atoms with Crippen LogP contribution >= 0.6 is 11.3 Å². The second-order valence-electron chi connectivity index (χ2n) is 6.93. The molecule has 2 N–H and O–H groups in total. The topological polar surface area (TPSA) is 100 Å². The molecule has 0 spiro atoms. The molecular formula is C22H18N4O3S2. The van der Waals surface area contributed by atoms with Gasteiger partial charge in [0.15, 0.2) is 5.65 Å². The van der Waals surface area contributed by atoms with Crippen molar-refractivity contribution in [1.82, 2.24) is 14.5 Å². The highest BCUT2D eigenvalue weighted by Crippen LogP contribution is 2.37. The van der Waals surface area contributed by atoms with Crippen molar-refractivity contribution in [3.8, 4) is 5.75 Å². The Bertz CT molecular complexity index is 1520. The summed E-state index contributed by atoms with van der Waals surface area (Å²) in [6, 6.07) is 18.1. The number of hydrogen-bond acceptors (Lipinski definition) is 7. The van der Waals surface area contributed by atoms with E-state index >= 15 is 0 Å². The van der Waals surface area contributed by atoms with Crippen molar-refractivity contribution >= 4 is 49.2 Å². The number of nitrogens with two attached hydrogens (primary N) is 1. The van der Waals surface area contributed by atoms with Gasteiger partial charge in [-0.25, -0.2) is 18.4 Å². The maximum atomic E-state index is 13.5. The fourth-order valence-corrected chi connectivity index (χ4v) is 6.24. The van der Waals surface area contributed by atoms with E-state index in [1.807, 2.05) is 42.5 Å². The predicted molar refractivity (Wildman–Crippen MR) is 121 cm³/mol. The van der Waals surface area contributed by atoms with Crippen LogP contribution in [0.1, 0.15) is 5.56 Å². The highest BCUT2D eigenvalue weighted by atomic mass is 32.2. The zero-order chi connectivity index (χ0) is 21.6. The van der Waals surface area contributed by atoms with Crippen LogP contribution in [-0.4, -0.2) is 30.1 Å². The van der Waals surface area contributed by atoms with Crippen LogP contribution in [0.15, 0.2) is 75.1 Å². The number of sulfone groups is 1. The SMILES string of the molecule is COc1ccccc1Cn1c(N)c(S(=O)(=O)c2cccs2)c2nc3ccccc3nc21. The molecule has 5 rings (SSSR count). The number of rotatable bonds is 5. The first kappa shape index (κ1) is 19.5. The van der Waals surface area contributed by atoms with Crippen molar-refractivity contribution in [2.45, 2.75) is 15.6 Å². The Morgan fingerprint density at radius 1 is 1.00 bits per heavy atom. The van der Waals surface area contributed by atoms with Gasteiger partial charge in [0.25, 0.3) is 0 Å². The van der Waals surface area contributed by atoms with E-state index in [0.29, 0.717) is 29.0 Å². The number of methoxy groups -OCH3 is 1. The summed E-state index contributed by atoms with van der Waals surface area (Å²) in [6.45, 7) is 0.291. The number of nitrogen functional groups attached to an aromatic ring is 1. The minimum absolute atomic E-state index is 0.0156. The zero-order valence-electron chi connectivity index (χ0n) is 16.5. The molecule has 0 fully saturated rings. The molecule has 0 atom stereocenters.